The number of nitrogens with zero attached hydrogens (tertiary/aromatic N) is 4. The van der Waals surface area contributed by atoms with Gasteiger partial charge in [-0.05, 0) is 30.9 Å². The smallest absolute Gasteiger partial charge is 0.307 e. The third kappa shape index (κ3) is 3.22. The lowest BCUT2D eigenvalue weighted by atomic mass is 10.0. The van der Waals surface area contributed by atoms with E-state index in [0.717, 1.165) is 53.7 Å². The van der Waals surface area contributed by atoms with Gasteiger partial charge in [-0.2, -0.15) is 4.39 Å². The molecule has 4 aromatic rings. The lowest BCUT2D eigenvalue weighted by Crippen LogP contribution is -2.05. The van der Waals surface area contributed by atoms with Crippen LogP contribution in [0.25, 0.3) is 22.2 Å². The molecule has 9 heteroatoms. The van der Waals surface area contributed by atoms with E-state index in [1.807, 2.05) is 6.92 Å². The molecule has 8 nitrogen and oxygen atoms in total. The first-order valence-electron chi connectivity index (χ1n) is 10.2. The second-order valence-electron chi connectivity index (χ2n) is 7.76. The SMILES string of the molecule is COc1cc(F)c([N+](=O)[O-])cc1Nc1ncc(C)c(-c2cn3c4c(cccc24)CCC3)n1. The molecule has 3 heterocycles. The van der Waals surface area contributed by atoms with Gasteiger partial charge in [-0.3, -0.25) is 10.1 Å². The first kappa shape index (κ1) is 19.9. The molecule has 0 radical (unpaired) electrons. The molecule has 0 amide bonds. The first-order chi connectivity index (χ1) is 15.5. The van der Waals surface area contributed by atoms with Crippen LogP contribution < -0.4 is 10.1 Å². The molecule has 2 aromatic heterocycles. The van der Waals surface area contributed by atoms with Crippen molar-refractivity contribution in [1.29, 1.82) is 0 Å². The molecule has 1 N–H and O–H groups in total. The van der Waals surface area contributed by atoms with Gasteiger partial charge in [0, 0.05) is 42.0 Å². The predicted molar refractivity (Wildman–Crippen MR) is 119 cm³/mol. The van der Waals surface area contributed by atoms with E-state index in [1.54, 1.807) is 6.20 Å². The van der Waals surface area contributed by atoms with E-state index in [9.17, 15) is 14.5 Å². The van der Waals surface area contributed by atoms with Crippen molar-refractivity contribution in [3.05, 3.63) is 69.8 Å². The minimum absolute atomic E-state index is 0.117. The minimum atomic E-state index is -0.975. The number of anilines is 2. The number of benzene rings is 2. The molecule has 0 unspecified atom stereocenters. The molecule has 5 rings (SSSR count). The standard InChI is InChI=1S/C23H20FN5O3/c1-13-11-25-23(26-18-10-19(29(30)31)17(24)9-20(18)32-2)27-21(13)16-12-28-8-4-6-14-5-3-7-15(16)22(14)28/h3,5,7,9-12H,4,6,8H2,1-2H3,(H,25,26,27). The fraction of sp³-hybridized carbons (Fsp3) is 0.217. The fourth-order valence-corrected chi connectivity index (χ4v) is 4.29. The van der Waals surface area contributed by atoms with Crippen LogP contribution >= 0.6 is 0 Å². The van der Waals surface area contributed by atoms with E-state index in [1.165, 1.54) is 18.2 Å². The second kappa shape index (κ2) is 7.60. The number of ether oxygens (including phenoxy) is 1. The molecule has 0 spiro atoms. The van der Waals surface area contributed by atoms with Crippen LogP contribution in [-0.4, -0.2) is 26.6 Å². The van der Waals surface area contributed by atoms with Crippen molar-refractivity contribution >= 4 is 28.2 Å². The topological polar surface area (TPSA) is 95.1 Å². The van der Waals surface area contributed by atoms with Gasteiger partial charge in [0.25, 0.3) is 0 Å². The lowest BCUT2D eigenvalue weighted by Gasteiger charge is -2.14. The summed E-state index contributed by atoms with van der Waals surface area (Å²) in [6, 6.07) is 8.37. The Hall–Kier alpha value is -4.01. The number of hydrogen-bond donors (Lipinski definition) is 1. The molecule has 0 fully saturated rings. The van der Waals surface area contributed by atoms with Crippen molar-refractivity contribution in [2.75, 3.05) is 12.4 Å². The number of nitro benzene ring substituents is 1. The van der Waals surface area contributed by atoms with Gasteiger partial charge in [0.15, 0.2) is 0 Å². The van der Waals surface area contributed by atoms with Crippen molar-refractivity contribution in [3.8, 4) is 17.0 Å². The summed E-state index contributed by atoms with van der Waals surface area (Å²) in [5, 5.41) is 15.2. The summed E-state index contributed by atoms with van der Waals surface area (Å²) < 4.78 is 21.4. The summed E-state index contributed by atoms with van der Waals surface area (Å²) in [5.41, 5.74) is 4.78. The van der Waals surface area contributed by atoms with Gasteiger partial charge in [0.1, 0.15) is 5.75 Å². The zero-order valence-electron chi connectivity index (χ0n) is 17.6. The Bertz CT molecular complexity index is 1380. The molecule has 0 saturated carbocycles. The maximum atomic E-state index is 14.0. The number of nitro groups is 1. The van der Waals surface area contributed by atoms with Gasteiger partial charge in [0.2, 0.25) is 11.8 Å². The summed E-state index contributed by atoms with van der Waals surface area (Å²) in [6.07, 6.45) is 5.97. The van der Waals surface area contributed by atoms with E-state index in [0.29, 0.717) is 0 Å². The summed E-state index contributed by atoms with van der Waals surface area (Å²) in [5.74, 6) is -0.625. The predicted octanol–water partition coefficient (Wildman–Crippen LogP) is 5.15. The van der Waals surface area contributed by atoms with Crippen molar-refractivity contribution in [1.82, 2.24) is 14.5 Å². The molecule has 2 aromatic carbocycles. The molecule has 162 valence electrons. The van der Waals surface area contributed by atoms with Crippen LogP contribution in [0.3, 0.4) is 0 Å². The lowest BCUT2D eigenvalue weighted by molar-refractivity contribution is -0.387. The molecule has 0 aliphatic carbocycles. The van der Waals surface area contributed by atoms with Crippen LogP contribution in [0, 0.1) is 22.9 Å². The maximum absolute atomic E-state index is 14.0. The highest BCUT2D eigenvalue weighted by Crippen LogP contribution is 2.37. The van der Waals surface area contributed by atoms with Crippen LogP contribution in [0.1, 0.15) is 17.5 Å². The third-order valence-electron chi connectivity index (χ3n) is 5.77. The van der Waals surface area contributed by atoms with Crippen molar-refractivity contribution in [2.45, 2.75) is 26.3 Å². The third-order valence-corrected chi connectivity index (χ3v) is 5.77. The van der Waals surface area contributed by atoms with E-state index < -0.39 is 16.4 Å². The Morgan fingerprint density at radius 2 is 2.16 bits per heavy atom. The van der Waals surface area contributed by atoms with Crippen LogP contribution in [-0.2, 0) is 13.0 Å². The summed E-state index contributed by atoms with van der Waals surface area (Å²) in [7, 11) is 1.36. The number of aryl methyl sites for hydroxylation is 3. The highest BCUT2D eigenvalue weighted by molar-refractivity contribution is 5.98. The van der Waals surface area contributed by atoms with Crippen LogP contribution in [0.4, 0.5) is 21.7 Å². The highest BCUT2D eigenvalue weighted by Gasteiger charge is 2.21. The number of hydrogen-bond acceptors (Lipinski definition) is 6. The van der Waals surface area contributed by atoms with E-state index >= 15 is 0 Å². The number of methoxy groups -OCH3 is 1. The molecule has 1 aliphatic heterocycles. The molecule has 0 bridgehead atoms. The zero-order valence-corrected chi connectivity index (χ0v) is 17.6. The molecule has 32 heavy (non-hydrogen) atoms. The average Bonchev–Trinajstić information content (AvgIpc) is 3.16. The van der Waals surface area contributed by atoms with Crippen LogP contribution in [0.5, 0.6) is 5.75 Å². The molecule has 0 saturated heterocycles. The number of rotatable bonds is 5. The van der Waals surface area contributed by atoms with Gasteiger partial charge in [-0.1, -0.05) is 18.2 Å². The van der Waals surface area contributed by atoms with E-state index in [-0.39, 0.29) is 17.4 Å². The van der Waals surface area contributed by atoms with Crippen LogP contribution in [0.15, 0.2) is 42.7 Å². The molecular formula is C23H20FN5O3. The van der Waals surface area contributed by atoms with Crippen LogP contribution in [0.2, 0.25) is 0 Å². The number of nitrogens with one attached hydrogen (secondary N) is 1. The summed E-state index contributed by atoms with van der Waals surface area (Å²) in [6.45, 7) is 2.90. The Balaban J connectivity index is 1.60. The van der Waals surface area contributed by atoms with Crippen molar-refractivity contribution < 1.29 is 14.1 Å². The normalized spacial score (nSPS) is 12.7. The summed E-state index contributed by atoms with van der Waals surface area (Å²) >= 11 is 0. The molecular weight excluding hydrogens is 413 g/mol. The Morgan fingerprint density at radius 3 is 2.94 bits per heavy atom. The molecule has 0 atom stereocenters. The van der Waals surface area contributed by atoms with E-state index in [2.05, 4.69) is 39.3 Å². The number of aromatic nitrogens is 3. The van der Waals surface area contributed by atoms with Gasteiger partial charge < -0.3 is 14.6 Å². The van der Waals surface area contributed by atoms with Gasteiger partial charge in [-0.25, -0.2) is 9.97 Å². The maximum Gasteiger partial charge on any atom is 0.307 e. The summed E-state index contributed by atoms with van der Waals surface area (Å²) in [4.78, 5) is 19.4. The monoisotopic (exact) mass is 433 g/mol. The second-order valence-corrected chi connectivity index (χ2v) is 7.76. The Kier molecular flexibility index (Phi) is 4.73. The minimum Gasteiger partial charge on any atom is -0.494 e. The fourth-order valence-electron chi connectivity index (χ4n) is 4.29. The van der Waals surface area contributed by atoms with Crippen molar-refractivity contribution in [2.24, 2.45) is 0 Å². The first-order valence-corrected chi connectivity index (χ1v) is 10.2. The number of para-hydroxylation sites is 1. The van der Waals surface area contributed by atoms with Gasteiger partial charge in [-0.15, -0.1) is 0 Å². The average molecular weight is 433 g/mol. The van der Waals surface area contributed by atoms with E-state index in [4.69, 9.17) is 9.72 Å². The molecule has 1 aliphatic rings. The Labute approximate surface area is 182 Å². The Morgan fingerprint density at radius 1 is 1.31 bits per heavy atom. The van der Waals surface area contributed by atoms with Crippen molar-refractivity contribution in [3.63, 3.8) is 0 Å². The quantitative estimate of drug-likeness (QED) is 0.345. The van der Waals surface area contributed by atoms with Gasteiger partial charge in [0.05, 0.1) is 28.9 Å². The zero-order chi connectivity index (χ0) is 22.4. The van der Waals surface area contributed by atoms with Gasteiger partial charge >= 0.3 is 5.69 Å². The largest absolute Gasteiger partial charge is 0.494 e. The number of halogens is 1. The highest BCUT2D eigenvalue weighted by atomic mass is 19.1.